The van der Waals surface area contributed by atoms with E-state index in [4.69, 9.17) is 1.37 Å². The molecular weight excluding hydrogens is 426 g/mol. The van der Waals surface area contributed by atoms with Crippen LogP contribution in [0, 0.1) is 38.2 Å². The Morgan fingerprint density at radius 2 is 2.19 bits per heavy atom. The number of hydrogen-bond acceptors (Lipinski definition) is 1. The van der Waals surface area contributed by atoms with Crippen molar-refractivity contribution < 1.29 is 42.2 Å². The second-order valence-electron chi connectivity index (χ2n) is 2.69. The smallest absolute Gasteiger partial charge is 0.182 e. The topological polar surface area (TPSA) is 31.3 Å². The number of aromatic nitrogens is 2. The van der Waals surface area contributed by atoms with E-state index < -0.39 is 0 Å². The molecule has 2 aromatic rings. The zero-order chi connectivity index (χ0) is 12.3. The van der Waals surface area contributed by atoms with E-state index in [1.807, 2.05) is 19.9 Å². The summed E-state index contributed by atoms with van der Waals surface area (Å²) >= 11 is 0. The Balaban J connectivity index is 0.000000811. The summed E-state index contributed by atoms with van der Waals surface area (Å²) < 4.78 is 10.2. The summed E-state index contributed by atoms with van der Waals surface area (Å²) in [6, 6.07) is 5.31. The van der Waals surface area contributed by atoms with Gasteiger partial charge in [-0.05, 0) is 19.2 Å². The predicted molar refractivity (Wildman–Crippen MR) is 59.2 cm³/mol. The van der Waals surface area contributed by atoms with Crippen LogP contribution in [0.2, 0.25) is 0 Å². The Kier molecular flexibility index (Phi) is 5.51. The third-order valence-corrected chi connectivity index (χ3v) is 1.97. The predicted octanol–water partition coefficient (Wildman–Crippen LogP) is 1.61. The van der Waals surface area contributed by atoms with E-state index in [9.17, 15) is 5.11 Å². The summed E-state index contributed by atoms with van der Waals surface area (Å²) in [5, 5.41) is 11.7. The van der Waals surface area contributed by atoms with Gasteiger partial charge in [-0.3, -0.25) is 4.40 Å². The van der Waals surface area contributed by atoms with Crippen LogP contribution in [-0.4, -0.2) is 4.40 Å². The van der Waals surface area contributed by atoms with E-state index in [1.165, 1.54) is 8.97 Å². The van der Waals surface area contributed by atoms with Crippen LogP contribution >= 0.6 is 0 Å². The van der Waals surface area contributed by atoms with Gasteiger partial charge in [0.05, 0.1) is 13.3 Å². The molecule has 16 heavy (non-hydrogen) atoms. The van der Waals surface area contributed by atoms with Crippen molar-refractivity contribution in [3.63, 3.8) is 0 Å². The summed E-state index contributed by atoms with van der Waals surface area (Å²) in [7, 11) is 3.71. The van der Waals surface area contributed by atoms with Gasteiger partial charge in [0.1, 0.15) is 0 Å². The zero-order valence-electron chi connectivity index (χ0n) is 10.5. The Bertz CT molecular complexity index is 483. The minimum Gasteiger partial charge on any atom is -0.850 e. The monoisotopic (exact) mass is 443 g/mol. The molecule has 2 aromatic heterocycles. The minimum atomic E-state index is -0.254. The quantitative estimate of drug-likeness (QED) is 0.487. The molecule has 0 saturated carbocycles. The van der Waals surface area contributed by atoms with E-state index in [2.05, 4.69) is 13.6 Å². The fourth-order valence-electron chi connectivity index (χ4n) is 1.34. The SMILES string of the molecule is CC.[3H]C(=C)c1c([O-])n2ccccc2[n+]1[CH2-].[U]. The van der Waals surface area contributed by atoms with Crippen LogP contribution in [0.3, 0.4) is 0 Å². The molecule has 2 rings (SSSR count). The summed E-state index contributed by atoms with van der Waals surface area (Å²) in [5.41, 5.74) is 0.872. The molecule has 0 N–H and O–H groups in total. The van der Waals surface area contributed by atoms with Gasteiger partial charge in [0, 0.05) is 37.0 Å². The summed E-state index contributed by atoms with van der Waals surface area (Å²) in [4.78, 5) is 0. The van der Waals surface area contributed by atoms with Crippen molar-refractivity contribution in [1.82, 2.24) is 4.40 Å². The molecular formula is C12H15N2OU-. The van der Waals surface area contributed by atoms with E-state index in [0.29, 0.717) is 5.65 Å². The summed E-state index contributed by atoms with van der Waals surface area (Å²) in [5.74, 6) is -0.254. The van der Waals surface area contributed by atoms with Gasteiger partial charge >= 0.3 is 0 Å². The van der Waals surface area contributed by atoms with Gasteiger partial charge in [-0.25, -0.2) is 0 Å². The van der Waals surface area contributed by atoms with Crippen LogP contribution in [0.1, 0.15) is 20.9 Å². The van der Waals surface area contributed by atoms with Crippen molar-refractivity contribution in [2.75, 3.05) is 0 Å². The number of nitrogens with zero attached hydrogens (tertiary/aromatic N) is 2. The molecule has 0 radical (unpaired) electrons. The first-order valence-electron chi connectivity index (χ1n) is 5.32. The van der Waals surface area contributed by atoms with Gasteiger partial charge in [-0.15, -0.1) is 6.58 Å². The van der Waals surface area contributed by atoms with Crippen LogP contribution < -0.4 is 9.67 Å². The Morgan fingerprint density at radius 3 is 2.69 bits per heavy atom. The molecule has 0 bridgehead atoms. The van der Waals surface area contributed by atoms with Crippen LogP contribution in [0.5, 0.6) is 5.88 Å². The molecule has 0 fully saturated rings. The minimum absolute atomic E-state index is 0. The Labute approximate surface area is 121 Å². The molecule has 0 saturated heterocycles. The van der Waals surface area contributed by atoms with E-state index in [1.54, 1.807) is 18.3 Å². The maximum absolute atomic E-state index is 11.7. The summed E-state index contributed by atoms with van der Waals surface area (Å²) in [6.07, 6.45) is 1.64. The van der Waals surface area contributed by atoms with E-state index >= 15 is 0 Å². The fourth-order valence-corrected chi connectivity index (χ4v) is 1.34. The molecule has 0 atom stereocenters. The van der Waals surface area contributed by atoms with E-state index in [0.717, 1.165) is 0 Å². The number of rotatable bonds is 1. The van der Waals surface area contributed by atoms with Crippen molar-refractivity contribution in [1.29, 1.82) is 0 Å². The van der Waals surface area contributed by atoms with E-state index in [-0.39, 0.29) is 48.7 Å². The fraction of sp³-hybridized carbons (Fsp3) is 0.167. The zero-order valence-corrected chi connectivity index (χ0v) is 13.7. The third kappa shape index (κ3) is 2.45. The first-order valence-corrected chi connectivity index (χ1v) is 4.82. The second kappa shape index (κ2) is 6.67. The summed E-state index contributed by atoms with van der Waals surface area (Å²) in [6.45, 7) is 7.43. The van der Waals surface area contributed by atoms with Gasteiger partial charge in [0.2, 0.25) is 0 Å². The van der Waals surface area contributed by atoms with Gasteiger partial charge in [0.25, 0.3) is 0 Å². The number of fused-ring (bicyclic) bond motifs is 1. The van der Waals surface area contributed by atoms with Gasteiger partial charge in [-0.1, -0.05) is 26.0 Å². The van der Waals surface area contributed by atoms with Crippen molar-refractivity contribution in [3.8, 4) is 5.88 Å². The second-order valence-corrected chi connectivity index (χ2v) is 2.69. The molecule has 4 heteroatoms. The molecule has 84 valence electrons. The van der Waals surface area contributed by atoms with Crippen LogP contribution in [0.25, 0.3) is 11.7 Å². The van der Waals surface area contributed by atoms with Gasteiger partial charge in [0.15, 0.2) is 5.65 Å². The molecule has 2 heterocycles. The molecule has 3 nitrogen and oxygen atoms in total. The molecule has 0 aliphatic carbocycles. The van der Waals surface area contributed by atoms with Crippen molar-refractivity contribution >= 4 is 11.7 Å². The first kappa shape index (κ1) is 13.2. The normalized spacial score (nSPS) is 9.75. The molecule has 0 amide bonds. The maximum Gasteiger partial charge on any atom is 0.182 e. The molecule has 0 spiro atoms. The average molecular weight is 443 g/mol. The molecule has 0 aliphatic rings. The Morgan fingerprint density at radius 1 is 1.56 bits per heavy atom. The third-order valence-electron chi connectivity index (χ3n) is 1.97. The maximum atomic E-state index is 11.7. The van der Waals surface area contributed by atoms with Crippen LogP contribution in [0.4, 0.5) is 0 Å². The first-order chi connectivity index (χ1) is 7.63. The number of hydrogen-bond donors (Lipinski definition) is 0. The molecule has 0 aromatic carbocycles. The van der Waals surface area contributed by atoms with Crippen LogP contribution in [-0.2, 0) is 0 Å². The number of pyridine rings is 1. The van der Waals surface area contributed by atoms with Crippen molar-refractivity contribution in [2.24, 2.45) is 0 Å². The van der Waals surface area contributed by atoms with Gasteiger partial charge < -0.3 is 9.67 Å². The average Bonchev–Trinajstić information content (AvgIpc) is 2.55. The standard InChI is InChI=1S/C10H10N2O.C2H6.U/c1-3-8-10(13)12-7-5-4-6-9(12)11(8)2;1-2;/h3-7,13H,1-2H2;1-2H3;/p-1/i3T;;. The molecule has 0 unspecified atom stereocenters. The van der Waals surface area contributed by atoms with Crippen LogP contribution in [0.15, 0.2) is 31.0 Å². The number of imidazole rings is 1. The van der Waals surface area contributed by atoms with Gasteiger partial charge in [-0.2, -0.15) is 0 Å². The van der Waals surface area contributed by atoms with Crippen molar-refractivity contribution in [3.05, 3.63) is 43.7 Å². The Hall–Kier alpha value is -0.848. The van der Waals surface area contributed by atoms with Crippen molar-refractivity contribution in [2.45, 2.75) is 13.8 Å². The largest absolute Gasteiger partial charge is 0.850 e. The molecule has 0 aliphatic heterocycles.